The van der Waals surface area contributed by atoms with Crippen LogP contribution in [0.4, 0.5) is 0 Å². The molecule has 0 heterocycles. The van der Waals surface area contributed by atoms with Gasteiger partial charge in [0, 0.05) is 6.42 Å². The highest BCUT2D eigenvalue weighted by Crippen LogP contribution is 2.22. The first kappa shape index (κ1) is 14.2. The van der Waals surface area contributed by atoms with E-state index >= 15 is 0 Å². The van der Waals surface area contributed by atoms with E-state index in [1.54, 1.807) is 13.0 Å². The Balaban J connectivity index is 2.78. The van der Waals surface area contributed by atoms with E-state index in [0.717, 1.165) is 18.4 Å². The van der Waals surface area contributed by atoms with Crippen LogP contribution in [-0.2, 0) is 16.0 Å². The van der Waals surface area contributed by atoms with E-state index in [2.05, 4.69) is 4.74 Å². The molecule has 0 bridgehead atoms. The average molecular weight is 250 g/mol. The van der Waals surface area contributed by atoms with E-state index < -0.39 is 5.97 Å². The van der Waals surface area contributed by atoms with E-state index in [0.29, 0.717) is 17.7 Å². The monoisotopic (exact) mass is 250 g/mol. The maximum atomic E-state index is 11.5. The van der Waals surface area contributed by atoms with E-state index in [1.807, 2.05) is 12.1 Å². The molecule has 4 nitrogen and oxygen atoms in total. The largest absolute Gasteiger partial charge is 0.496 e. The molecule has 0 N–H and O–H groups in total. The lowest BCUT2D eigenvalue weighted by atomic mass is 10.0. The summed E-state index contributed by atoms with van der Waals surface area (Å²) in [5.41, 5.74) is 1.45. The van der Waals surface area contributed by atoms with Crippen LogP contribution in [0.2, 0.25) is 0 Å². The Morgan fingerprint density at radius 2 is 1.94 bits per heavy atom. The molecule has 1 aromatic carbocycles. The summed E-state index contributed by atoms with van der Waals surface area (Å²) in [6.07, 6.45) is 2.16. The summed E-state index contributed by atoms with van der Waals surface area (Å²) in [7, 11) is 2.85. The molecule has 0 aliphatic carbocycles. The van der Waals surface area contributed by atoms with Gasteiger partial charge in [-0.05, 0) is 37.5 Å². The maximum Gasteiger partial charge on any atom is 0.341 e. The van der Waals surface area contributed by atoms with Crippen molar-refractivity contribution in [3.63, 3.8) is 0 Å². The maximum absolute atomic E-state index is 11.5. The van der Waals surface area contributed by atoms with Gasteiger partial charge in [-0.2, -0.15) is 0 Å². The summed E-state index contributed by atoms with van der Waals surface area (Å²) < 4.78 is 9.84. The van der Waals surface area contributed by atoms with Crippen LogP contribution < -0.4 is 4.74 Å². The summed E-state index contributed by atoms with van der Waals surface area (Å²) >= 11 is 0. The lowest BCUT2D eigenvalue weighted by Gasteiger charge is -2.09. The number of carbonyl (C=O) groups excluding carboxylic acids is 2. The second-order valence-corrected chi connectivity index (χ2v) is 4.08. The predicted octanol–water partition coefficient (Wildman–Crippen LogP) is 2.39. The van der Waals surface area contributed by atoms with Crippen LogP contribution in [0.5, 0.6) is 5.75 Å². The molecule has 0 amide bonds. The number of aryl methyl sites for hydroxylation is 1. The van der Waals surface area contributed by atoms with Gasteiger partial charge in [0.05, 0.1) is 14.2 Å². The summed E-state index contributed by atoms with van der Waals surface area (Å²) in [5.74, 6) is 0.275. The van der Waals surface area contributed by atoms with E-state index in [4.69, 9.17) is 4.74 Å². The van der Waals surface area contributed by atoms with Crippen molar-refractivity contribution in [2.24, 2.45) is 0 Å². The fourth-order valence-electron chi connectivity index (χ4n) is 1.71. The van der Waals surface area contributed by atoms with Gasteiger partial charge in [0.1, 0.15) is 17.1 Å². The second kappa shape index (κ2) is 6.79. The quantitative estimate of drug-likeness (QED) is 0.727. The minimum Gasteiger partial charge on any atom is -0.496 e. The fourth-order valence-corrected chi connectivity index (χ4v) is 1.71. The van der Waals surface area contributed by atoms with Gasteiger partial charge >= 0.3 is 5.97 Å². The standard InChI is InChI=1S/C14H18O4/c1-10(15)5-4-6-11-7-8-12(14(16)18-3)13(9-11)17-2/h7-9H,4-6H2,1-3H3. The first-order valence-electron chi connectivity index (χ1n) is 5.83. The minimum atomic E-state index is -0.415. The van der Waals surface area contributed by atoms with Crippen molar-refractivity contribution in [1.29, 1.82) is 0 Å². The zero-order valence-electron chi connectivity index (χ0n) is 11.0. The van der Waals surface area contributed by atoms with E-state index in [1.165, 1.54) is 14.2 Å². The molecule has 4 heteroatoms. The summed E-state index contributed by atoms with van der Waals surface area (Å²) in [5, 5.41) is 0. The van der Waals surface area contributed by atoms with Crippen LogP contribution in [0.1, 0.15) is 35.7 Å². The smallest absolute Gasteiger partial charge is 0.341 e. The Labute approximate surface area is 107 Å². The van der Waals surface area contributed by atoms with Crippen molar-refractivity contribution < 1.29 is 19.1 Å². The fraction of sp³-hybridized carbons (Fsp3) is 0.429. The van der Waals surface area contributed by atoms with Crippen LogP contribution in [-0.4, -0.2) is 26.0 Å². The number of methoxy groups -OCH3 is 2. The third-order valence-corrected chi connectivity index (χ3v) is 2.67. The molecular weight excluding hydrogens is 232 g/mol. The number of benzene rings is 1. The Morgan fingerprint density at radius 1 is 1.22 bits per heavy atom. The number of Topliss-reactive ketones (excluding diaryl/α,β-unsaturated/α-hetero) is 1. The van der Waals surface area contributed by atoms with Crippen LogP contribution >= 0.6 is 0 Å². The van der Waals surface area contributed by atoms with E-state index in [9.17, 15) is 9.59 Å². The SMILES string of the molecule is COC(=O)c1ccc(CCCC(C)=O)cc1OC. The number of rotatable bonds is 6. The predicted molar refractivity (Wildman–Crippen MR) is 68.0 cm³/mol. The number of carbonyl (C=O) groups is 2. The number of hydrogen-bond donors (Lipinski definition) is 0. The molecule has 0 saturated heterocycles. The first-order valence-corrected chi connectivity index (χ1v) is 5.83. The molecule has 0 saturated carbocycles. The Hall–Kier alpha value is -1.84. The van der Waals surface area contributed by atoms with Crippen LogP contribution in [0, 0.1) is 0 Å². The molecule has 18 heavy (non-hydrogen) atoms. The zero-order valence-corrected chi connectivity index (χ0v) is 11.0. The number of ether oxygens (including phenoxy) is 2. The molecule has 1 rings (SSSR count). The van der Waals surface area contributed by atoms with Crippen molar-refractivity contribution >= 4 is 11.8 Å². The van der Waals surface area contributed by atoms with Crippen molar-refractivity contribution in [3.8, 4) is 5.75 Å². The van der Waals surface area contributed by atoms with Crippen LogP contribution in [0.3, 0.4) is 0 Å². The number of esters is 1. The third kappa shape index (κ3) is 3.87. The third-order valence-electron chi connectivity index (χ3n) is 2.67. The molecule has 0 radical (unpaired) electrons. The molecule has 0 aliphatic heterocycles. The minimum absolute atomic E-state index is 0.188. The summed E-state index contributed by atoms with van der Waals surface area (Å²) in [4.78, 5) is 22.3. The molecule has 98 valence electrons. The Morgan fingerprint density at radius 3 is 2.50 bits per heavy atom. The molecule has 0 spiro atoms. The Kier molecular flexibility index (Phi) is 5.36. The molecule has 0 aromatic heterocycles. The second-order valence-electron chi connectivity index (χ2n) is 4.08. The number of ketones is 1. The first-order chi connectivity index (χ1) is 8.58. The molecule has 0 atom stereocenters. The summed E-state index contributed by atoms with van der Waals surface area (Å²) in [6, 6.07) is 5.36. The van der Waals surface area contributed by atoms with Crippen LogP contribution in [0.25, 0.3) is 0 Å². The average Bonchev–Trinajstić information content (AvgIpc) is 2.37. The van der Waals surface area contributed by atoms with Gasteiger partial charge < -0.3 is 14.3 Å². The van der Waals surface area contributed by atoms with Crippen LogP contribution in [0.15, 0.2) is 18.2 Å². The highest BCUT2D eigenvalue weighted by molar-refractivity contribution is 5.92. The lowest BCUT2D eigenvalue weighted by Crippen LogP contribution is -2.04. The zero-order chi connectivity index (χ0) is 13.5. The topological polar surface area (TPSA) is 52.6 Å². The van der Waals surface area contributed by atoms with E-state index in [-0.39, 0.29) is 5.78 Å². The normalized spacial score (nSPS) is 9.94. The molecule has 0 unspecified atom stereocenters. The Bertz CT molecular complexity index is 437. The molecule has 0 fully saturated rings. The van der Waals surface area contributed by atoms with Gasteiger partial charge in [0.15, 0.2) is 0 Å². The van der Waals surface area contributed by atoms with Gasteiger partial charge in [-0.3, -0.25) is 0 Å². The van der Waals surface area contributed by atoms with Crippen molar-refractivity contribution in [1.82, 2.24) is 0 Å². The van der Waals surface area contributed by atoms with Gasteiger partial charge in [0.2, 0.25) is 0 Å². The summed E-state index contributed by atoms with van der Waals surface area (Å²) in [6.45, 7) is 1.58. The highest BCUT2D eigenvalue weighted by Gasteiger charge is 2.12. The van der Waals surface area contributed by atoms with Gasteiger partial charge in [-0.1, -0.05) is 6.07 Å². The van der Waals surface area contributed by atoms with Gasteiger partial charge in [-0.25, -0.2) is 4.79 Å². The van der Waals surface area contributed by atoms with Crippen molar-refractivity contribution in [3.05, 3.63) is 29.3 Å². The van der Waals surface area contributed by atoms with Gasteiger partial charge in [-0.15, -0.1) is 0 Å². The van der Waals surface area contributed by atoms with Crippen molar-refractivity contribution in [2.75, 3.05) is 14.2 Å². The number of hydrogen-bond acceptors (Lipinski definition) is 4. The molecule has 0 aliphatic rings. The lowest BCUT2D eigenvalue weighted by molar-refractivity contribution is -0.117. The van der Waals surface area contributed by atoms with Crippen molar-refractivity contribution in [2.45, 2.75) is 26.2 Å². The van der Waals surface area contributed by atoms with Gasteiger partial charge in [0.25, 0.3) is 0 Å². The highest BCUT2D eigenvalue weighted by atomic mass is 16.5. The molecule has 1 aromatic rings. The molecular formula is C14H18O4.